The molecule has 1 aliphatic rings. The molecule has 0 radical (unpaired) electrons. The molecule has 1 aromatic carbocycles. The van der Waals surface area contributed by atoms with Crippen LogP contribution in [0.15, 0.2) is 29.4 Å². The number of hydrogen-bond acceptors (Lipinski definition) is 4. The third kappa shape index (κ3) is 5.00. The number of thioether (sulfide) groups is 1. The van der Waals surface area contributed by atoms with Gasteiger partial charge in [0.15, 0.2) is 0 Å². The Morgan fingerprint density at radius 1 is 1.47 bits per heavy atom. The number of rotatable bonds is 4. The van der Waals surface area contributed by atoms with E-state index in [9.17, 15) is 9.18 Å². The summed E-state index contributed by atoms with van der Waals surface area (Å²) in [4.78, 5) is 13.7. The van der Waals surface area contributed by atoms with Crippen molar-refractivity contribution in [2.75, 3.05) is 31.1 Å². The van der Waals surface area contributed by atoms with E-state index < -0.39 is 0 Å². The molecule has 2 rings (SSSR count). The Morgan fingerprint density at radius 3 is 3.00 bits per heavy atom. The van der Waals surface area contributed by atoms with Gasteiger partial charge in [0.05, 0.1) is 12.8 Å². The molecule has 0 unspecified atom stereocenters. The molecule has 19 heavy (non-hydrogen) atoms. The molecule has 6 heteroatoms. The molecule has 102 valence electrons. The first-order chi connectivity index (χ1) is 9.24. The first-order valence-corrected chi connectivity index (χ1v) is 7.27. The lowest BCUT2D eigenvalue weighted by Gasteiger charge is -2.24. The summed E-state index contributed by atoms with van der Waals surface area (Å²) in [6.07, 6.45) is 1.44. The van der Waals surface area contributed by atoms with Crippen molar-refractivity contribution >= 4 is 23.9 Å². The van der Waals surface area contributed by atoms with Crippen LogP contribution in [0.4, 0.5) is 4.39 Å². The zero-order valence-corrected chi connectivity index (χ0v) is 11.3. The minimum atomic E-state index is -0.318. The van der Waals surface area contributed by atoms with Crippen LogP contribution in [0.2, 0.25) is 0 Å². The molecule has 1 aliphatic heterocycles. The summed E-state index contributed by atoms with van der Waals surface area (Å²) < 4.78 is 12.9. The Morgan fingerprint density at radius 2 is 2.26 bits per heavy atom. The Balaban J connectivity index is 1.76. The summed E-state index contributed by atoms with van der Waals surface area (Å²) in [6.45, 7) is 2.23. The average Bonchev–Trinajstić information content (AvgIpc) is 2.40. The van der Waals surface area contributed by atoms with Gasteiger partial charge >= 0.3 is 0 Å². The highest BCUT2D eigenvalue weighted by Gasteiger charge is 2.13. The number of carbonyl (C=O) groups excluding carboxylic acids is 1. The third-order valence-electron chi connectivity index (χ3n) is 2.72. The Kier molecular flexibility index (Phi) is 5.35. The molecule has 4 nitrogen and oxygen atoms in total. The summed E-state index contributed by atoms with van der Waals surface area (Å²) in [7, 11) is 0. The number of nitrogens with zero attached hydrogens (tertiary/aromatic N) is 2. The largest absolute Gasteiger partial charge is 0.293 e. The van der Waals surface area contributed by atoms with Crippen molar-refractivity contribution in [1.82, 2.24) is 10.3 Å². The second kappa shape index (κ2) is 7.25. The van der Waals surface area contributed by atoms with Gasteiger partial charge in [-0.3, -0.25) is 9.69 Å². The van der Waals surface area contributed by atoms with Crippen molar-refractivity contribution in [1.29, 1.82) is 0 Å². The summed E-state index contributed by atoms with van der Waals surface area (Å²) in [6, 6.07) is 6.05. The molecule has 0 atom stereocenters. The van der Waals surface area contributed by atoms with Gasteiger partial charge in [-0.25, -0.2) is 9.82 Å². The number of hydrogen-bond donors (Lipinski definition) is 1. The molecule has 0 bridgehead atoms. The molecule has 1 fully saturated rings. The van der Waals surface area contributed by atoms with Gasteiger partial charge in [-0.15, -0.1) is 0 Å². The number of hydrazone groups is 1. The topological polar surface area (TPSA) is 44.7 Å². The van der Waals surface area contributed by atoms with E-state index in [0.29, 0.717) is 12.1 Å². The van der Waals surface area contributed by atoms with Gasteiger partial charge in [0, 0.05) is 24.6 Å². The number of benzene rings is 1. The number of amides is 1. The number of carbonyl (C=O) groups is 1. The maximum atomic E-state index is 12.9. The van der Waals surface area contributed by atoms with E-state index in [1.165, 1.54) is 18.3 Å². The van der Waals surface area contributed by atoms with Gasteiger partial charge in [0.2, 0.25) is 0 Å². The van der Waals surface area contributed by atoms with Crippen molar-refractivity contribution in [3.8, 4) is 0 Å². The van der Waals surface area contributed by atoms with Crippen molar-refractivity contribution in [3.05, 3.63) is 35.6 Å². The molecule has 1 N–H and O–H groups in total. The molecule has 1 saturated heterocycles. The van der Waals surface area contributed by atoms with Gasteiger partial charge in [-0.2, -0.15) is 16.9 Å². The number of nitrogens with one attached hydrogen (secondary N) is 1. The van der Waals surface area contributed by atoms with E-state index in [4.69, 9.17) is 0 Å². The summed E-state index contributed by atoms with van der Waals surface area (Å²) in [5.74, 6) is 1.68. The second-order valence-corrected chi connectivity index (χ2v) is 5.46. The van der Waals surface area contributed by atoms with Crippen LogP contribution in [0.3, 0.4) is 0 Å². The average molecular weight is 281 g/mol. The predicted octanol–water partition coefficient (Wildman–Crippen LogP) is 1.32. The van der Waals surface area contributed by atoms with Crippen LogP contribution >= 0.6 is 11.8 Å². The zero-order valence-electron chi connectivity index (χ0n) is 10.5. The van der Waals surface area contributed by atoms with Crippen molar-refractivity contribution in [2.45, 2.75) is 0 Å². The molecule has 1 heterocycles. The zero-order chi connectivity index (χ0) is 13.5. The van der Waals surface area contributed by atoms with Crippen LogP contribution in [0.25, 0.3) is 0 Å². The van der Waals surface area contributed by atoms with E-state index in [1.807, 2.05) is 11.8 Å². The predicted molar refractivity (Wildman–Crippen MR) is 75.9 cm³/mol. The Hall–Kier alpha value is -1.40. The van der Waals surface area contributed by atoms with Crippen molar-refractivity contribution < 1.29 is 9.18 Å². The standard InChI is InChI=1S/C13H16FN3OS/c14-12-3-1-2-11(8-12)9-15-16-13(18)10-17-4-6-19-7-5-17/h1-3,8-9H,4-7,10H2,(H,16,18). The molecule has 0 aliphatic carbocycles. The molecule has 1 amide bonds. The highest BCUT2D eigenvalue weighted by Crippen LogP contribution is 2.08. The van der Waals surface area contributed by atoms with Crippen LogP contribution < -0.4 is 5.43 Å². The minimum Gasteiger partial charge on any atom is -0.293 e. The smallest absolute Gasteiger partial charge is 0.254 e. The lowest BCUT2D eigenvalue weighted by molar-refractivity contribution is -0.122. The van der Waals surface area contributed by atoms with Crippen LogP contribution in [0.5, 0.6) is 0 Å². The van der Waals surface area contributed by atoms with Gasteiger partial charge in [-0.1, -0.05) is 12.1 Å². The lowest BCUT2D eigenvalue weighted by Crippen LogP contribution is -2.40. The van der Waals surface area contributed by atoms with Crippen molar-refractivity contribution in [3.63, 3.8) is 0 Å². The molecule has 0 aromatic heterocycles. The Labute approximate surface area is 116 Å². The van der Waals surface area contributed by atoms with Gasteiger partial charge in [-0.05, 0) is 17.7 Å². The molecule has 0 saturated carbocycles. The second-order valence-electron chi connectivity index (χ2n) is 4.24. The first-order valence-electron chi connectivity index (χ1n) is 6.11. The fourth-order valence-electron chi connectivity index (χ4n) is 1.76. The van der Waals surface area contributed by atoms with Crippen LogP contribution in [0.1, 0.15) is 5.56 Å². The highest BCUT2D eigenvalue weighted by atomic mass is 32.2. The van der Waals surface area contributed by atoms with E-state index in [2.05, 4.69) is 15.4 Å². The minimum absolute atomic E-state index is 0.139. The highest BCUT2D eigenvalue weighted by molar-refractivity contribution is 7.99. The van der Waals surface area contributed by atoms with E-state index >= 15 is 0 Å². The molecule has 1 aromatic rings. The van der Waals surface area contributed by atoms with Crippen LogP contribution in [0, 0.1) is 5.82 Å². The third-order valence-corrected chi connectivity index (χ3v) is 3.66. The summed E-state index contributed by atoms with van der Waals surface area (Å²) in [5.41, 5.74) is 3.08. The normalized spacial score (nSPS) is 16.7. The summed E-state index contributed by atoms with van der Waals surface area (Å²) >= 11 is 1.90. The van der Waals surface area contributed by atoms with Crippen LogP contribution in [-0.2, 0) is 4.79 Å². The quantitative estimate of drug-likeness (QED) is 0.669. The van der Waals surface area contributed by atoms with Gasteiger partial charge in [0.25, 0.3) is 5.91 Å². The van der Waals surface area contributed by atoms with E-state index in [0.717, 1.165) is 24.6 Å². The molecular formula is C13H16FN3OS. The monoisotopic (exact) mass is 281 g/mol. The van der Waals surface area contributed by atoms with E-state index in [-0.39, 0.29) is 11.7 Å². The molecular weight excluding hydrogens is 265 g/mol. The van der Waals surface area contributed by atoms with Gasteiger partial charge in [0.1, 0.15) is 5.82 Å². The van der Waals surface area contributed by atoms with Crippen LogP contribution in [-0.4, -0.2) is 48.2 Å². The Bertz CT molecular complexity index is 461. The fraction of sp³-hybridized carbons (Fsp3) is 0.385. The fourth-order valence-corrected chi connectivity index (χ4v) is 2.74. The SMILES string of the molecule is O=C(CN1CCSCC1)NN=Cc1cccc(F)c1. The summed E-state index contributed by atoms with van der Waals surface area (Å²) in [5, 5.41) is 3.83. The first kappa shape index (κ1) is 14.0. The maximum Gasteiger partial charge on any atom is 0.254 e. The lowest BCUT2D eigenvalue weighted by atomic mass is 10.2. The van der Waals surface area contributed by atoms with E-state index in [1.54, 1.807) is 12.1 Å². The number of halogens is 1. The molecule has 0 spiro atoms. The van der Waals surface area contributed by atoms with Crippen molar-refractivity contribution in [2.24, 2.45) is 5.10 Å². The van der Waals surface area contributed by atoms with Gasteiger partial charge < -0.3 is 0 Å². The maximum absolute atomic E-state index is 12.9.